The molecule has 2 atom stereocenters. The molecule has 6 heteroatoms. The van der Waals surface area contributed by atoms with Gasteiger partial charge in [0.25, 0.3) is 0 Å². The van der Waals surface area contributed by atoms with Crippen LogP contribution in [0.5, 0.6) is 0 Å². The Morgan fingerprint density at radius 1 is 1.33 bits per heavy atom. The van der Waals surface area contributed by atoms with E-state index in [9.17, 15) is 0 Å². The van der Waals surface area contributed by atoms with Gasteiger partial charge in [-0.2, -0.15) is 16.9 Å². The maximum Gasteiger partial charge on any atom is 0.159 e. The molecule has 0 aromatic carbocycles. The molecule has 0 N–H and O–H groups in total. The lowest BCUT2D eigenvalue weighted by Crippen LogP contribution is -2.16. The molecule has 0 aliphatic rings. The molecule has 118 valence electrons. The molecule has 0 saturated heterocycles. The van der Waals surface area contributed by atoms with E-state index in [1.165, 1.54) is 0 Å². The van der Waals surface area contributed by atoms with Crippen LogP contribution in [0.2, 0.25) is 0 Å². The minimum Gasteiger partial charge on any atom is -0.308 e. The molecule has 2 unspecified atom stereocenters. The van der Waals surface area contributed by atoms with Gasteiger partial charge in [0.2, 0.25) is 0 Å². The van der Waals surface area contributed by atoms with Gasteiger partial charge in [0, 0.05) is 18.8 Å². The average molecular weight is 329 g/mol. The zero-order chi connectivity index (χ0) is 15.6. The van der Waals surface area contributed by atoms with Crippen LogP contribution < -0.4 is 0 Å². The highest BCUT2D eigenvalue weighted by molar-refractivity contribution is 7.98. The number of alkyl halides is 1. The van der Waals surface area contributed by atoms with Crippen molar-refractivity contribution in [1.29, 1.82) is 0 Å². The third-order valence-electron chi connectivity index (χ3n) is 3.80. The van der Waals surface area contributed by atoms with Gasteiger partial charge in [-0.3, -0.25) is 4.68 Å². The van der Waals surface area contributed by atoms with Gasteiger partial charge < -0.3 is 4.57 Å². The first-order chi connectivity index (χ1) is 10.0. The Balaban J connectivity index is 2.67. The van der Waals surface area contributed by atoms with Gasteiger partial charge in [0.15, 0.2) is 5.65 Å². The lowest BCUT2D eigenvalue weighted by molar-refractivity contribution is 0.517. The maximum absolute atomic E-state index is 6.40. The highest BCUT2D eigenvalue weighted by atomic mass is 35.5. The number of aryl methyl sites for hydroxylation is 2. The lowest BCUT2D eigenvalue weighted by atomic mass is 10.2. The molecular formula is C15H25ClN4S. The second kappa shape index (κ2) is 7.05. The molecule has 0 radical (unpaired) electrons. The van der Waals surface area contributed by atoms with Gasteiger partial charge in [0.05, 0.1) is 11.1 Å². The number of thioether (sulfide) groups is 1. The second-order valence-electron chi connectivity index (χ2n) is 5.47. The molecule has 0 bridgehead atoms. The summed E-state index contributed by atoms with van der Waals surface area (Å²) in [5.74, 6) is 2.03. The molecule has 2 aromatic heterocycles. The molecule has 0 saturated carbocycles. The minimum atomic E-state index is -0.0946. The number of rotatable bonds is 7. The smallest absolute Gasteiger partial charge is 0.159 e. The molecule has 0 aliphatic heterocycles. The number of nitrogens with zero attached hydrogens (tertiary/aromatic N) is 4. The largest absolute Gasteiger partial charge is 0.308 e. The van der Waals surface area contributed by atoms with Crippen LogP contribution in [0, 0.1) is 0 Å². The first-order valence-corrected chi connectivity index (χ1v) is 9.44. The van der Waals surface area contributed by atoms with Crippen LogP contribution in [0.4, 0.5) is 0 Å². The number of aromatic nitrogens is 4. The summed E-state index contributed by atoms with van der Waals surface area (Å²) in [5.41, 5.74) is 3.23. The summed E-state index contributed by atoms with van der Waals surface area (Å²) in [6.45, 7) is 6.39. The fourth-order valence-corrected chi connectivity index (χ4v) is 3.76. The van der Waals surface area contributed by atoms with Gasteiger partial charge in [0.1, 0.15) is 11.3 Å². The van der Waals surface area contributed by atoms with Crippen LogP contribution in [-0.2, 0) is 13.5 Å². The molecular weight excluding hydrogens is 304 g/mol. The monoisotopic (exact) mass is 328 g/mol. The van der Waals surface area contributed by atoms with Crippen LogP contribution in [0.1, 0.15) is 56.6 Å². The van der Waals surface area contributed by atoms with Crippen molar-refractivity contribution in [1.82, 2.24) is 19.3 Å². The van der Waals surface area contributed by atoms with Crippen molar-refractivity contribution in [3.8, 4) is 0 Å². The summed E-state index contributed by atoms with van der Waals surface area (Å²) in [6, 6.07) is 0.408. The molecule has 2 heterocycles. The normalized spacial score (nSPS) is 14.8. The van der Waals surface area contributed by atoms with Crippen molar-refractivity contribution in [3.05, 3.63) is 11.5 Å². The van der Waals surface area contributed by atoms with Gasteiger partial charge in [-0.15, -0.1) is 11.6 Å². The fraction of sp³-hybridized carbons (Fsp3) is 0.733. The zero-order valence-corrected chi connectivity index (χ0v) is 15.1. The summed E-state index contributed by atoms with van der Waals surface area (Å²) in [6.07, 6.45) is 5.25. The van der Waals surface area contributed by atoms with Crippen LogP contribution in [0.15, 0.2) is 0 Å². The van der Waals surface area contributed by atoms with Crippen molar-refractivity contribution >= 4 is 34.5 Å². The predicted molar refractivity (Wildman–Crippen MR) is 92.5 cm³/mol. The molecule has 0 fully saturated rings. The van der Waals surface area contributed by atoms with Crippen molar-refractivity contribution in [2.24, 2.45) is 7.05 Å². The van der Waals surface area contributed by atoms with Gasteiger partial charge >= 0.3 is 0 Å². The molecule has 2 aromatic rings. The Bertz CT molecular complexity index is 602. The predicted octanol–water partition coefficient (Wildman–Crippen LogP) is 4.34. The van der Waals surface area contributed by atoms with E-state index in [0.29, 0.717) is 6.04 Å². The molecule has 2 rings (SSSR count). The number of hydrogen-bond donors (Lipinski definition) is 0. The van der Waals surface area contributed by atoms with E-state index >= 15 is 0 Å². The standard InChI is InChI=1S/C15H25ClN4S/c1-6-8-12-13-15(19(4)18-12)20(11(7-2)9-21-5)14(17-13)10(3)16/h10-11H,6-9H2,1-5H3. The number of imidazole rings is 1. The SMILES string of the molecule is CCCc1nn(C)c2c1nc(C(C)Cl)n2C(CC)CSC. The summed E-state index contributed by atoms with van der Waals surface area (Å²) in [5, 5.41) is 4.57. The van der Waals surface area contributed by atoms with Gasteiger partial charge in [-0.25, -0.2) is 4.98 Å². The van der Waals surface area contributed by atoms with E-state index in [0.717, 1.165) is 47.7 Å². The first-order valence-electron chi connectivity index (χ1n) is 7.61. The van der Waals surface area contributed by atoms with Crippen LogP contribution in [0.3, 0.4) is 0 Å². The van der Waals surface area contributed by atoms with Crippen molar-refractivity contribution in [3.63, 3.8) is 0 Å². The molecule has 4 nitrogen and oxygen atoms in total. The van der Waals surface area contributed by atoms with E-state index in [4.69, 9.17) is 16.6 Å². The highest BCUT2D eigenvalue weighted by Gasteiger charge is 2.25. The zero-order valence-electron chi connectivity index (χ0n) is 13.6. The second-order valence-corrected chi connectivity index (χ2v) is 7.03. The van der Waals surface area contributed by atoms with Gasteiger partial charge in [-0.1, -0.05) is 20.3 Å². The topological polar surface area (TPSA) is 35.6 Å². The Labute approximate surface area is 136 Å². The first kappa shape index (κ1) is 16.7. The molecule has 21 heavy (non-hydrogen) atoms. The fourth-order valence-electron chi connectivity index (χ4n) is 2.83. The maximum atomic E-state index is 6.40. The number of halogens is 1. The number of fused-ring (bicyclic) bond motifs is 1. The van der Waals surface area contributed by atoms with Crippen LogP contribution in [0.25, 0.3) is 11.2 Å². The molecule has 0 aliphatic carbocycles. The molecule has 0 amide bonds. The van der Waals surface area contributed by atoms with Gasteiger partial charge in [-0.05, 0) is 26.0 Å². The van der Waals surface area contributed by atoms with E-state index in [2.05, 4.69) is 29.8 Å². The number of hydrogen-bond acceptors (Lipinski definition) is 3. The van der Waals surface area contributed by atoms with Crippen LogP contribution in [-0.4, -0.2) is 31.3 Å². The Morgan fingerprint density at radius 2 is 2.05 bits per heavy atom. The van der Waals surface area contributed by atoms with E-state index in [-0.39, 0.29) is 5.38 Å². The summed E-state index contributed by atoms with van der Waals surface area (Å²) in [7, 11) is 2.01. The van der Waals surface area contributed by atoms with Crippen molar-refractivity contribution < 1.29 is 0 Å². The van der Waals surface area contributed by atoms with Crippen molar-refractivity contribution in [2.75, 3.05) is 12.0 Å². The summed E-state index contributed by atoms with van der Waals surface area (Å²) in [4.78, 5) is 4.84. The minimum absolute atomic E-state index is 0.0946. The lowest BCUT2D eigenvalue weighted by Gasteiger charge is -2.20. The van der Waals surface area contributed by atoms with Crippen LogP contribution >= 0.6 is 23.4 Å². The Kier molecular flexibility index (Phi) is 5.60. The third-order valence-corrected chi connectivity index (χ3v) is 4.72. The summed E-state index contributed by atoms with van der Waals surface area (Å²) < 4.78 is 4.29. The average Bonchev–Trinajstić information content (AvgIpc) is 2.96. The van der Waals surface area contributed by atoms with E-state index < -0.39 is 0 Å². The Hall–Kier alpha value is -0.680. The quantitative estimate of drug-likeness (QED) is 0.709. The third kappa shape index (κ3) is 3.09. The molecule has 0 spiro atoms. The van der Waals surface area contributed by atoms with E-state index in [1.807, 2.05) is 30.4 Å². The van der Waals surface area contributed by atoms with Crippen molar-refractivity contribution in [2.45, 2.75) is 51.5 Å². The summed E-state index contributed by atoms with van der Waals surface area (Å²) >= 11 is 8.26. The highest BCUT2D eigenvalue weighted by Crippen LogP contribution is 2.32. The Morgan fingerprint density at radius 3 is 2.57 bits per heavy atom. The van der Waals surface area contributed by atoms with E-state index in [1.54, 1.807) is 0 Å².